The average molecular weight is 492 g/mol. The summed E-state index contributed by atoms with van der Waals surface area (Å²) in [6.45, 7) is 4.37. The predicted molar refractivity (Wildman–Crippen MR) is 136 cm³/mol. The SMILES string of the molecule is CCCOc1cccc(/C(O)=C2\C(=O)C(=O)N(c3ccc(C)c(Cl)c3)C2c2ccccc2OC)c1. The molecule has 1 heterocycles. The standard InChI is InChI=1S/C28H26ClNO5/c1-4-14-35-20-9-7-8-18(15-20)26(31)24-25(21-10-5-6-11-23(21)34-3)30(28(33)27(24)32)19-13-12-17(2)22(29)16-19/h5-13,15-16,25,31H,4,14H2,1-3H3/b26-24+. The van der Waals surface area contributed by atoms with Crippen LogP contribution in [0.1, 0.15) is 36.1 Å². The molecular weight excluding hydrogens is 466 g/mol. The Labute approximate surface area is 209 Å². The molecule has 3 aromatic carbocycles. The van der Waals surface area contributed by atoms with Crippen LogP contribution >= 0.6 is 11.6 Å². The van der Waals surface area contributed by atoms with Gasteiger partial charge in [0, 0.05) is 21.8 Å². The first-order valence-electron chi connectivity index (χ1n) is 11.3. The number of anilines is 1. The van der Waals surface area contributed by atoms with Crippen LogP contribution in [0.15, 0.2) is 72.3 Å². The molecule has 35 heavy (non-hydrogen) atoms. The molecule has 0 saturated carbocycles. The number of aliphatic hydroxyl groups is 1. The number of carbonyl (C=O) groups excluding carboxylic acids is 2. The van der Waals surface area contributed by atoms with E-state index in [1.54, 1.807) is 66.7 Å². The number of aliphatic hydroxyl groups excluding tert-OH is 1. The van der Waals surface area contributed by atoms with Crippen molar-refractivity contribution >= 4 is 34.7 Å². The van der Waals surface area contributed by atoms with Crippen LogP contribution in [-0.4, -0.2) is 30.5 Å². The second-order valence-corrected chi connectivity index (χ2v) is 8.63. The summed E-state index contributed by atoms with van der Waals surface area (Å²) in [6.07, 6.45) is 0.828. The smallest absolute Gasteiger partial charge is 0.300 e. The van der Waals surface area contributed by atoms with Gasteiger partial charge in [0.25, 0.3) is 11.7 Å². The first-order valence-corrected chi connectivity index (χ1v) is 11.7. The Hall–Kier alpha value is -3.77. The largest absolute Gasteiger partial charge is 0.507 e. The summed E-state index contributed by atoms with van der Waals surface area (Å²) in [5.41, 5.74) is 2.18. The van der Waals surface area contributed by atoms with Crippen LogP contribution in [0.3, 0.4) is 0 Å². The Morgan fingerprint density at radius 2 is 1.83 bits per heavy atom. The van der Waals surface area contributed by atoms with E-state index < -0.39 is 17.7 Å². The minimum absolute atomic E-state index is 0.0381. The summed E-state index contributed by atoms with van der Waals surface area (Å²) in [5.74, 6) is -0.810. The lowest BCUT2D eigenvalue weighted by atomic mass is 9.94. The number of rotatable bonds is 7. The van der Waals surface area contributed by atoms with Crippen LogP contribution in [0.25, 0.3) is 5.76 Å². The highest BCUT2D eigenvalue weighted by Crippen LogP contribution is 2.45. The molecule has 0 aromatic heterocycles. The Balaban J connectivity index is 1.94. The topological polar surface area (TPSA) is 76.1 Å². The van der Waals surface area contributed by atoms with Gasteiger partial charge in [-0.15, -0.1) is 0 Å². The Morgan fingerprint density at radius 3 is 2.54 bits per heavy atom. The highest BCUT2D eigenvalue weighted by Gasteiger charge is 2.48. The normalized spacial score (nSPS) is 17.0. The van der Waals surface area contributed by atoms with Crippen molar-refractivity contribution in [3.8, 4) is 11.5 Å². The molecule has 1 N–H and O–H groups in total. The second-order valence-electron chi connectivity index (χ2n) is 8.22. The van der Waals surface area contributed by atoms with Crippen molar-refractivity contribution in [2.24, 2.45) is 0 Å². The Kier molecular flexibility index (Phi) is 7.12. The van der Waals surface area contributed by atoms with Gasteiger partial charge in [-0.25, -0.2) is 0 Å². The number of carbonyl (C=O) groups is 2. The summed E-state index contributed by atoms with van der Waals surface area (Å²) in [4.78, 5) is 28.1. The van der Waals surface area contributed by atoms with Gasteiger partial charge in [0.2, 0.25) is 0 Å². The molecule has 0 radical (unpaired) electrons. The fourth-order valence-electron chi connectivity index (χ4n) is 4.13. The molecule has 7 heteroatoms. The van der Waals surface area contributed by atoms with Gasteiger partial charge < -0.3 is 14.6 Å². The van der Waals surface area contributed by atoms with E-state index in [1.807, 2.05) is 13.8 Å². The number of halogens is 1. The predicted octanol–water partition coefficient (Wildman–Crippen LogP) is 6.07. The first-order chi connectivity index (χ1) is 16.9. The summed E-state index contributed by atoms with van der Waals surface area (Å²) in [7, 11) is 1.52. The average Bonchev–Trinajstić information content (AvgIpc) is 3.14. The quantitative estimate of drug-likeness (QED) is 0.246. The van der Waals surface area contributed by atoms with Crippen LogP contribution in [0, 0.1) is 6.92 Å². The Morgan fingerprint density at radius 1 is 1.06 bits per heavy atom. The van der Waals surface area contributed by atoms with Crippen molar-refractivity contribution in [3.63, 3.8) is 0 Å². The molecule has 6 nitrogen and oxygen atoms in total. The molecule has 4 rings (SSSR count). The highest BCUT2D eigenvalue weighted by atomic mass is 35.5. The fraction of sp³-hybridized carbons (Fsp3) is 0.214. The van der Waals surface area contributed by atoms with Gasteiger partial charge in [0.1, 0.15) is 17.3 Å². The molecular formula is C28H26ClNO5. The van der Waals surface area contributed by atoms with Crippen LogP contribution < -0.4 is 14.4 Å². The number of methoxy groups -OCH3 is 1. The van der Waals surface area contributed by atoms with Crippen LogP contribution in [-0.2, 0) is 9.59 Å². The number of aryl methyl sites for hydroxylation is 1. The number of nitrogens with zero attached hydrogens (tertiary/aromatic N) is 1. The molecule has 1 unspecified atom stereocenters. The molecule has 0 spiro atoms. The zero-order valence-corrected chi connectivity index (χ0v) is 20.5. The summed E-state index contributed by atoms with van der Waals surface area (Å²) in [5, 5.41) is 11.8. The van der Waals surface area contributed by atoms with Gasteiger partial charge in [-0.3, -0.25) is 14.5 Å². The number of ether oxygens (including phenoxy) is 2. The van der Waals surface area contributed by atoms with E-state index in [0.717, 1.165) is 12.0 Å². The molecule has 0 aliphatic carbocycles. The number of hydrogen-bond donors (Lipinski definition) is 1. The van der Waals surface area contributed by atoms with Gasteiger partial charge >= 0.3 is 0 Å². The molecule has 1 aliphatic rings. The van der Waals surface area contributed by atoms with Crippen LogP contribution in [0.5, 0.6) is 11.5 Å². The third-order valence-corrected chi connectivity index (χ3v) is 6.30. The lowest BCUT2D eigenvalue weighted by molar-refractivity contribution is -0.132. The van der Waals surface area contributed by atoms with Crippen molar-refractivity contribution in [1.82, 2.24) is 0 Å². The van der Waals surface area contributed by atoms with Gasteiger partial charge in [-0.1, -0.05) is 54.9 Å². The summed E-state index contributed by atoms with van der Waals surface area (Å²) in [6, 6.07) is 18.2. The maximum Gasteiger partial charge on any atom is 0.300 e. The number of amides is 1. The number of para-hydroxylation sites is 1. The summed E-state index contributed by atoms with van der Waals surface area (Å²) >= 11 is 6.36. The lowest BCUT2D eigenvalue weighted by Gasteiger charge is -2.27. The van der Waals surface area contributed by atoms with Gasteiger partial charge in [-0.2, -0.15) is 0 Å². The van der Waals surface area contributed by atoms with Crippen LogP contribution in [0.4, 0.5) is 5.69 Å². The van der Waals surface area contributed by atoms with Gasteiger partial charge in [0.05, 0.1) is 25.3 Å². The van der Waals surface area contributed by atoms with E-state index in [-0.39, 0.29) is 11.3 Å². The molecule has 0 bridgehead atoms. The van der Waals surface area contributed by atoms with Gasteiger partial charge in [0.15, 0.2) is 0 Å². The Bertz CT molecular complexity index is 1320. The molecule has 1 amide bonds. The third-order valence-electron chi connectivity index (χ3n) is 5.89. The van der Waals surface area contributed by atoms with Crippen molar-refractivity contribution in [1.29, 1.82) is 0 Å². The molecule has 1 atom stereocenters. The number of Topliss-reactive ketones (excluding diaryl/α,β-unsaturated/α-hetero) is 1. The maximum atomic E-state index is 13.4. The summed E-state index contributed by atoms with van der Waals surface area (Å²) < 4.78 is 11.2. The minimum atomic E-state index is -0.926. The zero-order valence-electron chi connectivity index (χ0n) is 19.7. The molecule has 3 aromatic rings. The molecule has 1 saturated heterocycles. The number of hydrogen-bond acceptors (Lipinski definition) is 5. The second kappa shape index (κ2) is 10.2. The van der Waals surface area contributed by atoms with Crippen molar-refractivity contribution in [2.75, 3.05) is 18.6 Å². The molecule has 1 aliphatic heterocycles. The number of ketones is 1. The monoisotopic (exact) mass is 491 g/mol. The van der Waals surface area contributed by atoms with E-state index >= 15 is 0 Å². The van der Waals surface area contributed by atoms with Gasteiger partial charge in [-0.05, 0) is 49.2 Å². The van der Waals surface area contributed by atoms with Crippen molar-refractivity contribution in [3.05, 3.63) is 94.0 Å². The van der Waals surface area contributed by atoms with Crippen LogP contribution in [0.2, 0.25) is 5.02 Å². The van der Waals surface area contributed by atoms with Crippen molar-refractivity contribution in [2.45, 2.75) is 26.3 Å². The van der Waals surface area contributed by atoms with E-state index in [9.17, 15) is 14.7 Å². The van der Waals surface area contributed by atoms with Crippen molar-refractivity contribution < 1.29 is 24.2 Å². The molecule has 180 valence electrons. The maximum absolute atomic E-state index is 13.4. The third kappa shape index (κ3) is 4.62. The van der Waals surface area contributed by atoms with E-state index in [4.69, 9.17) is 21.1 Å². The van der Waals surface area contributed by atoms with E-state index in [0.29, 0.717) is 39.9 Å². The zero-order chi connectivity index (χ0) is 25.1. The van der Waals surface area contributed by atoms with E-state index in [2.05, 4.69) is 0 Å². The molecule has 1 fully saturated rings. The lowest BCUT2D eigenvalue weighted by Crippen LogP contribution is -2.29. The fourth-order valence-corrected chi connectivity index (χ4v) is 4.30. The minimum Gasteiger partial charge on any atom is -0.507 e. The van der Waals surface area contributed by atoms with E-state index in [1.165, 1.54) is 12.0 Å². The first kappa shape index (κ1) is 24.4. The highest BCUT2D eigenvalue weighted by molar-refractivity contribution is 6.52. The number of benzene rings is 3.